The van der Waals surface area contributed by atoms with Gasteiger partial charge in [-0.05, 0) is 61.6 Å². The molecule has 2 N–H and O–H groups in total. The van der Waals surface area contributed by atoms with E-state index in [9.17, 15) is 4.79 Å². The van der Waals surface area contributed by atoms with E-state index in [1.54, 1.807) is 26.5 Å². The first-order chi connectivity index (χ1) is 14.9. The monoisotopic (exact) mass is 417 g/mol. The third kappa shape index (κ3) is 3.37. The van der Waals surface area contributed by atoms with E-state index in [1.165, 1.54) is 51.9 Å². The summed E-state index contributed by atoms with van der Waals surface area (Å²) in [4.78, 5) is 25.5. The van der Waals surface area contributed by atoms with Gasteiger partial charge in [0.05, 0.1) is 23.7 Å². The number of carbonyl (C=O) groups is 1. The number of aromatic nitrogens is 4. The molecule has 1 saturated heterocycles. The molecule has 0 radical (unpaired) electrons. The van der Waals surface area contributed by atoms with Crippen molar-refractivity contribution < 1.29 is 4.79 Å². The predicted molar refractivity (Wildman–Crippen MR) is 119 cm³/mol. The maximum atomic E-state index is 12.2. The lowest BCUT2D eigenvalue weighted by molar-refractivity contribution is 0.0827. The standard InChI is InChI=1S/C23H27N7O/c1-14-9-15(10-18-17(14)6-8-29-7-4-5-20(18)29)19-12-25-21(24)22(27-19)30-13-16(11-26-30)23(31)28(2)3/h9-13,20H,4-8H2,1-3H3,(H2,24,25). The molecular formula is C23H27N7O. The summed E-state index contributed by atoms with van der Waals surface area (Å²) in [6.45, 7) is 4.52. The third-order valence-corrected chi connectivity index (χ3v) is 6.41. The lowest BCUT2D eigenvalue weighted by Gasteiger charge is -2.33. The average molecular weight is 418 g/mol. The number of benzene rings is 1. The Hall–Kier alpha value is -3.26. The molecule has 8 heteroatoms. The highest BCUT2D eigenvalue weighted by Crippen LogP contribution is 2.40. The van der Waals surface area contributed by atoms with Crippen LogP contribution in [0.25, 0.3) is 17.1 Å². The van der Waals surface area contributed by atoms with Crippen LogP contribution < -0.4 is 5.73 Å². The van der Waals surface area contributed by atoms with Crippen LogP contribution in [0.15, 0.2) is 30.7 Å². The second-order valence-corrected chi connectivity index (χ2v) is 8.64. The minimum atomic E-state index is -0.125. The molecule has 0 saturated carbocycles. The van der Waals surface area contributed by atoms with Crippen LogP contribution in [0.2, 0.25) is 0 Å². The van der Waals surface area contributed by atoms with E-state index in [0.717, 1.165) is 24.2 Å². The van der Waals surface area contributed by atoms with Crippen LogP contribution >= 0.6 is 0 Å². The number of hydrogen-bond acceptors (Lipinski definition) is 6. The smallest absolute Gasteiger partial charge is 0.256 e. The Morgan fingerprint density at radius 3 is 2.87 bits per heavy atom. The molecular weight excluding hydrogens is 390 g/mol. The predicted octanol–water partition coefficient (Wildman–Crippen LogP) is 2.61. The number of anilines is 1. The Labute approximate surface area is 181 Å². The van der Waals surface area contributed by atoms with Gasteiger partial charge in [-0.2, -0.15) is 5.10 Å². The summed E-state index contributed by atoms with van der Waals surface area (Å²) in [5.41, 5.74) is 12.6. The van der Waals surface area contributed by atoms with E-state index < -0.39 is 0 Å². The second kappa shape index (κ2) is 7.46. The highest BCUT2D eigenvalue weighted by molar-refractivity contribution is 5.93. The van der Waals surface area contributed by atoms with Gasteiger partial charge >= 0.3 is 0 Å². The van der Waals surface area contributed by atoms with Crippen molar-refractivity contribution >= 4 is 11.7 Å². The SMILES string of the molecule is Cc1cc(-c2cnc(N)c(-n3cc(C(=O)N(C)C)cn3)n2)cc2c1CCN1CCCC21. The minimum Gasteiger partial charge on any atom is -0.381 e. The van der Waals surface area contributed by atoms with Crippen molar-refractivity contribution in [3.63, 3.8) is 0 Å². The van der Waals surface area contributed by atoms with E-state index in [2.05, 4.69) is 34.0 Å². The number of hydrogen-bond donors (Lipinski definition) is 1. The van der Waals surface area contributed by atoms with Crippen molar-refractivity contribution in [2.75, 3.05) is 32.9 Å². The van der Waals surface area contributed by atoms with E-state index in [0.29, 0.717) is 17.4 Å². The Morgan fingerprint density at radius 1 is 1.23 bits per heavy atom. The summed E-state index contributed by atoms with van der Waals surface area (Å²) in [6, 6.07) is 4.98. The molecule has 8 nitrogen and oxygen atoms in total. The highest BCUT2D eigenvalue weighted by Gasteiger charge is 2.32. The molecule has 0 aliphatic carbocycles. The van der Waals surface area contributed by atoms with Gasteiger partial charge < -0.3 is 10.6 Å². The normalized spacial score (nSPS) is 18.0. The van der Waals surface area contributed by atoms with Crippen molar-refractivity contribution in [2.24, 2.45) is 0 Å². The van der Waals surface area contributed by atoms with E-state index in [4.69, 9.17) is 10.7 Å². The van der Waals surface area contributed by atoms with Gasteiger partial charge in [-0.15, -0.1) is 0 Å². The second-order valence-electron chi connectivity index (χ2n) is 8.64. The summed E-state index contributed by atoms with van der Waals surface area (Å²) in [7, 11) is 3.41. The first-order valence-electron chi connectivity index (χ1n) is 10.7. The molecule has 31 heavy (non-hydrogen) atoms. The molecule has 1 unspecified atom stereocenters. The van der Waals surface area contributed by atoms with Gasteiger partial charge in [-0.3, -0.25) is 9.69 Å². The van der Waals surface area contributed by atoms with E-state index in [-0.39, 0.29) is 11.7 Å². The maximum absolute atomic E-state index is 12.2. The molecule has 1 fully saturated rings. The Kier molecular flexibility index (Phi) is 4.74. The Balaban J connectivity index is 1.55. The largest absolute Gasteiger partial charge is 0.381 e. The molecule has 1 amide bonds. The summed E-state index contributed by atoms with van der Waals surface area (Å²) < 4.78 is 1.52. The fraction of sp³-hybridized carbons (Fsp3) is 0.391. The number of rotatable bonds is 3. The van der Waals surface area contributed by atoms with Gasteiger partial charge in [0.25, 0.3) is 5.91 Å². The van der Waals surface area contributed by atoms with Crippen molar-refractivity contribution in [2.45, 2.75) is 32.2 Å². The maximum Gasteiger partial charge on any atom is 0.256 e. The van der Waals surface area contributed by atoms with Gasteiger partial charge in [0.2, 0.25) is 0 Å². The Morgan fingerprint density at radius 2 is 2.06 bits per heavy atom. The van der Waals surface area contributed by atoms with Crippen LogP contribution in [0.3, 0.4) is 0 Å². The molecule has 0 bridgehead atoms. The molecule has 1 aromatic carbocycles. The lowest BCUT2D eigenvalue weighted by Crippen LogP contribution is -2.31. The van der Waals surface area contributed by atoms with Crippen molar-refractivity contribution in [1.29, 1.82) is 0 Å². The molecule has 5 rings (SSSR count). The molecule has 2 aliphatic heterocycles. The third-order valence-electron chi connectivity index (χ3n) is 6.41. The molecule has 4 heterocycles. The first kappa shape index (κ1) is 19.7. The zero-order valence-corrected chi connectivity index (χ0v) is 18.2. The zero-order chi connectivity index (χ0) is 21.7. The van der Waals surface area contributed by atoms with Crippen LogP contribution in [0.5, 0.6) is 0 Å². The molecule has 1 atom stereocenters. The number of nitrogen functional groups attached to an aromatic ring is 1. The summed E-state index contributed by atoms with van der Waals surface area (Å²) >= 11 is 0. The number of aryl methyl sites for hydroxylation is 1. The fourth-order valence-electron chi connectivity index (χ4n) is 4.84. The van der Waals surface area contributed by atoms with Gasteiger partial charge in [-0.25, -0.2) is 14.6 Å². The minimum absolute atomic E-state index is 0.125. The van der Waals surface area contributed by atoms with Crippen molar-refractivity contribution in [3.8, 4) is 17.1 Å². The highest BCUT2D eigenvalue weighted by atomic mass is 16.2. The summed E-state index contributed by atoms with van der Waals surface area (Å²) in [5.74, 6) is 0.570. The van der Waals surface area contributed by atoms with Gasteiger partial charge in [0.15, 0.2) is 11.6 Å². The van der Waals surface area contributed by atoms with Crippen LogP contribution in [0, 0.1) is 6.92 Å². The number of nitrogens with two attached hydrogens (primary N) is 1. The van der Waals surface area contributed by atoms with Gasteiger partial charge in [-0.1, -0.05) is 0 Å². The van der Waals surface area contributed by atoms with Gasteiger partial charge in [0, 0.05) is 38.4 Å². The summed E-state index contributed by atoms with van der Waals surface area (Å²) in [6.07, 6.45) is 8.45. The van der Waals surface area contributed by atoms with Gasteiger partial charge in [0.1, 0.15) is 0 Å². The number of fused-ring (bicyclic) bond motifs is 3. The fourth-order valence-corrected chi connectivity index (χ4v) is 4.84. The topological polar surface area (TPSA) is 93.2 Å². The Bertz CT molecular complexity index is 1170. The van der Waals surface area contributed by atoms with Crippen LogP contribution in [-0.4, -0.2) is 62.6 Å². The molecule has 0 spiro atoms. The van der Waals surface area contributed by atoms with Crippen LogP contribution in [0.4, 0.5) is 5.82 Å². The van der Waals surface area contributed by atoms with Crippen molar-refractivity contribution in [1.82, 2.24) is 29.5 Å². The molecule has 2 aliphatic rings. The first-order valence-corrected chi connectivity index (χ1v) is 10.7. The summed E-state index contributed by atoms with van der Waals surface area (Å²) in [5, 5.41) is 4.30. The van der Waals surface area contributed by atoms with Crippen LogP contribution in [0.1, 0.15) is 45.9 Å². The number of nitrogens with zero attached hydrogens (tertiary/aromatic N) is 6. The quantitative estimate of drug-likeness (QED) is 0.704. The molecule has 2 aromatic heterocycles. The van der Waals surface area contributed by atoms with E-state index >= 15 is 0 Å². The molecule has 160 valence electrons. The zero-order valence-electron chi connectivity index (χ0n) is 18.2. The van der Waals surface area contributed by atoms with Crippen molar-refractivity contribution in [3.05, 3.63) is 53.0 Å². The van der Waals surface area contributed by atoms with E-state index in [1.807, 2.05) is 0 Å². The number of carbonyl (C=O) groups excluding carboxylic acids is 1. The number of amides is 1. The molecule has 3 aromatic rings. The average Bonchev–Trinajstić information content (AvgIpc) is 3.43. The van der Waals surface area contributed by atoms with Crippen LogP contribution in [-0.2, 0) is 6.42 Å². The lowest BCUT2D eigenvalue weighted by atomic mass is 9.87.